The summed E-state index contributed by atoms with van der Waals surface area (Å²) in [6.45, 7) is 3.66. The van der Waals surface area contributed by atoms with E-state index in [1.807, 2.05) is 25.1 Å². The highest BCUT2D eigenvalue weighted by Gasteiger charge is 2.80. The first-order valence-electron chi connectivity index (χ1n) is 8.97. The molecule has 1 N–H and O–H groups in total. The minimum absolute atomic E-state index is 0.0273. The first-order valence-corrected chi connectivity index (χ1v) is 9.35. The second kappa shape index (κ2) is 6.74. The molecule has 1 aromatic carbocycles. The summed E-state index contributed by atoms with van der Waals surface area (Å²) in [6, 6.07) is 9.78. The number of benzene rings is 1. The Labute approximate surface area is 167 Å². The zero-order valence-electron chi connectivity index (χ0n) is 15.4. The van der Waals surface area contributed by atoms with E-state index in [0.29, 0.717) is 19.3 Å². The molecule has 0 spiro atoms. The van der Waals surface area contributed by atoms with Crippen molar-refractivity contribution in [3.63, 3.8) is 0 Å². The molecule has 6 nitrogen and oxygen atoms in total. The van der Waals surface area contributed by atoms with Crippen molar-refractivity contribution in [2.45, 2.75) is 45.0 Å². The Morgan fingerprint density at radius 3 is 2.39 bits per heavy atom. The number of nitrogens with zero attached hydrogens (tertiary/aromatic N) is 3. The number of hydrogen-bond acceptors (Lipinski definition) is 6. The molecule has 0 amide bonds. The minimum atomic E-state index is -2.21. The van der Waals surface area contributed by atoms with Crippen molar-refractivity contribution in [3.05, 3.63) is 34.6 Å². The third-order valence-corrected chi connectivity index (χ3v) is 6.15. The van der Waals surface area contributed by atoms with Crippen LogP contribution in [0.15, 0.2) is 18.2 Å². The molecular weight excluding hydrogens is 383 g/mol. The van der Waals surface area contributed by atoms with Crippen LogP contribution in [0.25, 0.3) is 0 Å². The lowest BCUT2D eigenvalue weighted by Crippen LogP contribution is -2.59. The van der Waals surface area contributed by atoms with E-state index in [0.717, 1.165) is 6.07 Å². The topological polar surface area (TPSA) is 114 Å². The molecule has 2 bridgehead atoms. The summed E-state index contributed by atoms with van der Waals surface area (Å²) in [7, 11) is 0. The van der Waals surface area contributed by atoms with Crippen molar-refractivity contribution in [1.82, 2.24) is 0 Å². The third kappa shape index (κ3) is 2.17. The van der Waals surface area contributed by atoms with Crippen molar-refractivity contribution >= 4 is 17.5 Å². The normalized spacial score (nSPS) is 32.7. The lowest BCUT2D eigenvalue weighted by Gasteiger charge is -2.49. The summed E-state index contributed by atoms with van der Waals surface area (Å²) in [5.41, 5.74) is -4.30. The standard InChI is InChI=1S/C20H18ClFN4O2/c1-3-8-20-14(4-2)19(11-25,17(26)28-20)18(9-23,10-24)16(27-20)15-12(21)6-5-7-13(15)22/h5-7,14,16,26H,3-4,8H2,1-2H3. The molecule has 0 aliphatic carbocycles. The van der Waals surface area contributed by atoms with Crippen LogP contribution >= 0.6 is 11.6 Å². The SMILES string of the molecule is CCCC12OC(=N)C(C#N)(C1CC)C(C#N)(C#N)C(c1c(F)cccc1Cl)O2. The number of fused-ring (bicyclic) bond motifs is 2. The molecule has 2 heterocycles. The van der Waals surface area contributed by atoms with Gasteiger partial charge < -0.3 is 9.47 Å². The van der Waals surface area contributed by atoms with Crippen LogP contribution in [0, 0.1) is 62.0 Å². The Balaban J connectivity index is 2.41. The molecule has 0 aromatic heterocycles. The summed E-state index contributed by atoms with van der Waals surface area (Å²) in [5.74, 6) is -3.40. The molecule has 8 heteroatoms. The van der Waals surface area contributed by atoms with Gasteiger partial charge in [0.15, 0.2) is 5.41 Å². The van der Waals surface area contributed by atoms with Crippen LogP contribution in [0.1, 0.15) is 44.8 Å². The minimum Gasteiger partial charge on any atom is -0.447 e. The number of halogens is 2. The molecule has 4 atom stereocenters. The second-order valence-corrected chi connectivity index (χ2v) is 7.45. The monoisotopic (exact) mass is 400 g/mol. The Kier molecular flexibility index (Phi) is 4.84. The van der Waals surface area contributed by atoms with Gasteiger partial charge in [-0.15, -0.1) is 0 Å². The maximum atomic E-state index is 14.8. The maximum Gasteiger partial charge on any atom is 0.217 e. The average Bonchev–Trinajstić information content (AvgIpc) is 2.86. The second-order valence-electron chi connectivity index (χ2n) is 7.04. The molecule has 144 valence electrons. The van der Waals surface area contributed by atoms with E-state index >= 15 is 0 Å². The number of nitriles is 3. The summed E-state index contributed by atoms with van der Waals surface area (Å²) >= 11 is 6.22. The van der Waals surface area contributed by atoms with Crippen LogP contribution in [-0.4, -0.2) is 11.7 Å². The van der Waals surface area contributed by atoms with E-state index in [2.05, 4.69) is 0 Å². The van der Waals surface area contributed by atoms with Crippen molar-refractivity contribution < 1.29 is 13.9 Å². The van der Waals surface area contributed by atoms with Crippen molar-refractivity contribution in [2.75, 3.05) is 0 Å². The van der Waals surface area contributed by atoms with E-state index in [1.165, 1.54) is 12.1 Å². The highest BCUT2D eigenvalue weighted by atomic mass is 35.5. The van der Waals surface area contributed by atoms with Gasteiger partial charge in [0.2, 0.25) is 17.1 Å². The molecule has 0 saturated carbocycles. The van der Waals surface area contributed by atoms with Crippen LogP contribution in [0.4, 0.5) is 4.39 Å². The van der Waals surface area contributed by atoms with Gasteiger partial charge in [-0.05, 0) is 25.0 Å². The van der Waals surface area contributed by atoms with Gasteiger partial charge in [0.05, 0.1) is 24.1 Å². The quantitative estimate of drug-likeness (QED) is 0.791. The molecular formula is C20H18ClFN4O2. The van der Waals surface area contributed by atoms with Crippen LogP contribution in [0.5, 0.6) is 0 Å². The van der Waals surface area contributed by atoms with E-state index in [1.54, 1.807) is 6.92 Å². The molecule has 0 radical (unpaired) electrons. The summed E-state index contributed by atoms with van der Waals surface area (Å²) < 4.78 is 26.7. The van der Waals surface area contributed by atoms with Crippen molar-refractivity contribution in [1.29, 1.82) is 21.2 Å². The molecule has 2 aliphatic heterocycles. The van der Waals surface area contributed by atoms with Crippen LogP contribution in [0.3, 0.4) is 0 Å². The van der Waals surface area contributed by atoms with Gasteiger partial charge in [-0.3, -0.25) is 5.41 Å². The highest BCUT2D eigenvalue weighted by Crippen LogP contribution is 2.68. The number of hydrogen-bond donors (Lipinski definition) is 1. The Bertz CT molecular complexity index is 928. The highest BCUT2D eigenvalue weighted by molar-refractivity contribution is 6.31. The molecule has 1 aromatic rings. The van der Waals surface area contributed by atoms with Gasteiger partial charge in [0.25, 0.3) is 0 Å². The van der Waals surface area contributed by atoms with Gasteiger partial charge in [-0.2, -0.15) is 15.8 Å². The van der Waals surface area contributed by atoms with Gasteiger partial charge in [0.1, 0.15) is 11.9 Å². The fraction of sp³-hybridized carbons (Fsp3) is 0.500. The van der Waals surface area contributed by atoms with E-state index in [9.17, 15) is 20.2 Å². The van der Waals surface area contributed by atoms with Crippen LogP contribution < -0.4 is 0 Å². The summed E-state index contributed by atoms with van der Waals surface area (Å²) in [6.07, 6.45) is -0.256. The smallest absolute Gasteiger partial charge is 0.217 e. The van der Waals surface area contributed by atoms with Gasteiger partial charge >= 0.3 is 0 Å². The van der Waals surface area contributed by atoms with Gasteiger partial charge in [-0.25, -0.2) is 4.39 Å². The molecule has 3 rings (SSSR count). The first-order chi connectivity index (χ1) is 13.3. The number of ether oxygens (including phenoxy) is 2. The zero-order chi connectivity index (χ0) is 20.7. The van der Waals surface area contributed by atoms with Crippen molar-refractivity contribution in [2.24, 2.45) is 16.7 Å². The predicted octanol–water partition coefficient (Wildman–Crippen LogP) is 4.62. The van der Waals surface area contributed by atoms with Crippen molar-refractivity contribution in [3.8, 4) is 18.2 Å². The zero-order valence-corrected chi connectivity index (χ0v) is 16.2. The lowest BCUT2D eigenvalue weighted by atomic mass is 9.52. The maximum absolute atomic E-state index is 14.8. The average molecular weight is 401 g/mol. The van der Waals surface area contributed by atoms with Gasteiger partial charge in [-0.1, -0.05) is 31.5 Å². The third-order valence-electron chi connectivity index (χ3n) is 5.82. The number of nitrogens with one attached hydrogen (secondary N) is 1. The van der Waals surface area contributed by atoms with Gasteiger partial charge in [0, 0.05) is 17.0 Å². The Morgan fingerprint density at radius 2 is 1.89 bits per heavy atom. The van der Waals surface area contributed by atoms with E-state index in [4.69, 9.17) is 26.5 Å². The fourth-order valence-corrected chi connectivity index (χ4v) is 4.95. The summed E-state index contributed by atoms with van der Waals surface area (Å²) in [4.78, 5) is 0. The first kappa shape index (κ1) is 20.1. The number of rotatable bonds is 4. The molecule has 2 fully saturated rings. The van der Waals surface area contributed by atoms with Crippen LogP contribution in [-0.2, 0) is 9.47 Å². The molecule has 4 unspecified atom stereocenters. The lowest BCUT2D eigenvalue weighted by molar-refractivity contribution is -0.287. The van der Waals surface area contributed by atoms with E-state index < -0.39 is 40.4 Å². The Morgan fingerprint density at radius 1 is 1.21 bits per heavy atom. The molecule has 28 heavy (non-hydrogen) atoms. The molecule has 2 aliphatic rings. The fourth-order valence-electron chi connectivity index (χ4n) is 4.69. The van der Waals surface area contributed by atoms with Crippen LogP contribution in [0.2, 0.25) is 5.02 Å². The van der Waals surface area contributed by atoms with E-state index in [-0.39, 0.29) is 10.6 Å². The Hall–Kier alpha value is -2.66. The predicted molar refractivity (Wildman–Crippen MR) is 97.2 cm³/mol. The summed E-state index contributed by atoms with van der Waals surface area (Å²) in [5, 5.41) is 38.8. The molecule has 2 saturated heterocycles. The largest absolute Gasteiger partial charge is 0.447 e.